The third-order valence-electron chi connectivity index (χ3n) is 2.81. The summed E-state index contributed by atoms with van der Waals surface area (Å²) in [5.41, 5.74) is 0.324. The summed E-state index contributed by atoms with van der Waals surface area (Å²) >= 11 is 5.97. The SMILES string of the molecule is CCNC(=O)NCC(C)(OC)c1cccc(Cl)c1. The van der Waals surface area contributed by atoms with Crippen molar-refractivity contribution in [2.75, 3.05) is 20.2 Å². The third-order valence-corrected chi connectivity index (χ3v) is 3.04. The largest absolute Gasteiger partial charge is 0.372 e. The lowest BCUT2D eigenvalue weighted by molar-refractivity contribution is 0.00490. The van der Waals surface area contributed by atoms with E-state index in [4.69, 9.17) is 16.3 Å². The molecule has 0 aliphatic heterocycles. The Morgan fingerprint density at radius 1 is 1.44 bits per heavy atom. The molecule has 18 heavy (non-hydrogen) atoms. The summed E-state index contributed by atoms with van der Waals surface area (Å²) < 4.78 is 5.51. The molecular weight excluding hydrogens is 252 g/mol. The van der Waals surface area contributed by atoms with Crippen molar-refractivity contribution < 1.29 is 9.53 Å². The lowest BCUT2D eigenvalue weighted by atomic mass is 9.96. The quantitative estimate of drug-likeness (QED) is 0.864. The number of benzene rings is 1. The molecule has 2 N–H and O–H groups in total. The smallest absolute Gasteiger partial charge is 0.314 e. The molecule has 5 heteroatoms. The Kier molecular flexibility index (Phi) is 5.44. The number of halogens is 1. The van der Waals surface area contributed by atoms with Crippen LogP contribution < -0.4 is 10.6 Å². The van der Waals surface area contributed by atoms with Crippen LogP contribution in [0.25, 0.3) is 0 Å². The molecule has 1 unspecified atom stereocenters. The second kappa shape index (κ2) is 6.61. The van der Waals surface area contributed by atoms with E-state index in [0.717, 1.165) is 5.56 Å². The van der Waals surface area contributed by atoms with E-state index in [-0.39, 0.29) is 6.03 Å². The van der Waals surface area contributed by atoms with Crippen molar-refractivity contribution in [3.8, 4) is 0 Å². The summed E-state index contributed by atoms with van der Waals surface area (Å²) in [4.78, 5) is 11.4. The summed E-state index contributed by atoms with van der Waals surface area (Å²) in [5.74, 6) is 0. The molecule has 0 saturated heterocycles. The topological polar surface area (TPSA) is 50.4 Å². The molecule has 0 aliphatic rings. The van der Waals surface area contributed by atoms with Gasteiger partial charge in [-0.1, -0.05) is 23.7 Å². The van der Waals surface area contributed by atoms with E-state index >= 15 is 0 Å². The minimum atomic E-state index is -0.601. The van der Waals surface area contributed by atoms with E-state index in [2.05, 4.69) is 10.6 Å². The maximum Gasteiger partial charge on any atom is 0.314 e. The van der Waals surface area contributed by atoms with Crippen LogP contribution in [-0.4, -0.2) is 26.2 Å². The highest BCUT2D eigenvalue weighted by Gasteiger charge is 2.26. The number of amides is 2. The first kappa shape index (κ1) is 14.8. The number of methoxy groups -OCH3 is 1. The van der Waals surface area contributed by atoms with Crippen LogP contribution in [-0.2, 0) is 10.3 Å². The standard InChI is InChI=1S/C13H19ClN2O2/c1-4-15-12(17)16-9-13(2,18-3)10-6-5-7-11(14)8-10/h5-8H,4,9H2,1-3H3,(H2,15,16,17). The molecule has 0 aliphatic carbocycles. The van der Waals surface area contributed by atoms with Gasteiger partial charge in [0.25, 0.3) is 0 Å². The van der Waals surface area contributed by atoms with E-state index in [1.54, 1.807) is 13.2 Å². The van der Waals surface area contributed by atoms with Crippen LogP contribution in [0.1, 0.15) is 19.4 Å². The molecule has 0 fully saturated rings. The number of rotatable bonds is 5. The van der Waals surface area contributed by atoms with Crippen molar-refractivity contribution in [1.29, 1.82) is 0 Å². The fraction of sp³-hybridized carbons (Fsp3) is 0.462. The van der Waals surface area contributed by atoms with Gasteiger partial charge in [-0.15, -0.1) is 0 Å². The Morgan fingerprint density at radius 2 is 2.17 bits per heavy atom. The maximum atomic E-state index is 11.4. The summed E-state index contributed by atoms with van der Waals surface area (Å²) in [7, 11) is 1.61. The molecule has 1 aromatic rings. The van der Waals surface area contributed by atoms with Crippen molar-refractivity contribution in [3.05, 3.63) is 34.9 Å². The van der Waals surface area contributed by atoms with E-state index in [0.29, 0.717) is 18.1 Å². The van der Waals surface area contributed by atoms with Crippen molar-refractivity contribution in [3.63, 3.8) is 0 Å². The van der Waals surface area contributed by atoms with Crippen LogP contribution >= 0.6 is 11.6 Å². The molecule has 1 aromatic carbocycles. The Hall–Kier alpha value is -1.26. The molecular formula is C13H19ClN2O2. The zero-order valence-electron chi connectivity index (χ0n) is 10.9. The van der Waals surface area contributed by atoms with Gasteiger partial charge < -0.3 is 15.4 Å². The summed E-state index contributed by atoms with van der Waals surface area (Å²) in [6.45, 7) is 4.74. The van der Waals surface area contributed by atoms with Gasteiger partial charge in [0.2, 0.25) is 0 Å². The molecule has 4 nitrogen and oxygen atoms in total. The Labute approximate surface area is 113 Å². The van der Waals surface area contributed by atoms with Crippen LogP contribution in [0.2, 0.25) is 5.02 Å². The van der Waals surface area contributed by atoms with Crippen molar-refractivity contribution in [1.82, 2.24) is 10.6 Å². The number of carbonyl (C=O) groups excluding carboxylic acids is 1. The van der Waals surface area contributed by atoms with Crippen LogP contribution in [0.15, 0.2) is 24.3 Å². The fourth-order valence-corrected chi connectivity index (χ4v) is 1.77. The van der Waals surface area contributed by atoms with Gasteiger partial charge in [-0.3, -0.25) is 0 Å². The Balaban J connectivity index is 2.76. The lowest BCUT2D eigenvalue weighted by Crippen LogP contribution is -2.44. The molecule has 0 heterocycles. The number of nitrogens with one attached hydrogen (secondary N) is 2. The molecule has 2 amide bonds. The predicted octanol–water partition coefficient (Wildman–Crippen LogP) is 2.52. The molecule has 0 saturated carbocycles. The molecule has 0 spiro atoms. The van der Waals surface area contributed by atoms with Gasteiger partial charge in [0.1, 0.15) is 5.60 Å². The predicted molar refractivity (Wildman–Crippen MR) is 72.9 cm³/mol. The zero-order valence-corrected chi connectivity index (χ0v) is 11.7. The average molecular weight is 271 g/mol. The highest BCUT2D eigenvalue weighted by atomic mass is 35.5. The minimum absolute atomic E-state index is 0.206. The molecule has 0 radical (unpaired) electrons. The number of hydrogen-bond donors (Lipinski definition) is 2. The van der Waals surface area contributed by atoms with Gasteiger partial charge in [-0.25, -0.2) is 4.79 Å². The number of carbonyl (C=O) groups is 1. The maximum absolute atomic E-state index is 11.4. The van der Waals surface area contributed by atoms with Crippen molar-refractivity contribution >= 4 is 17.6 Å². The first-order valence-electron chi connectivity index (χ1n) is 5.84. The lowest BCUT2D eigenvalue weighted by Gasteiger charge is -2.29. The minimum Gasteiger partial charge on any atom is -0.372 e. The highest BCUT2D eigenvalue weighted by molar-refractivity contribution is 6.30. The Bertz CT molecular complexity index is 412. The fourth-order valence-electron chi connectivity index (χ4n) is 1.58. The van der Waals surface area contributed by atoms with Crippen LogP contribution in [0.3, 0.4) is 0 Å². The van der Waals surface area contributed by atoms with Crippen molar-refractivity contribution in [2.24, 2.45) is 0 Å². The summed E-state index contributed by atoms with van der Waals surface area (Å²) in [5, 5.41) is 6.10. The van der Waals surface area contributed by atoms with Gasteiger partial charge in [0, 0.05) is 18.7 Å². The summed E-state index contributed by atoms with van der Waals surface area (Å²) in [6, 6.07) is 7.22. The first-order valence-corrected chi connectivity index (χ1v) is 6.22. The molecule has 1 atom stereocenters. The number of hydrogen-bond acceptors (Lipinski definition) is 2. The average Bonchev–Trinajstić information content (AvgIpc) is 2.36. The van der Waals surface area contributed by atoms with Gasteiger partial charge >= 0.3 is 6.03 Å². The Morgan fingerprint density at radius 3 is 2.72 bits per heavy atom. The molecule has 0 bridgehead atoms. The van der Waals surface area contributed by atoms with E-state index < -0.39 is 5.60 Å². The van der Waals surface area contributed by atoms with Crippen molar-refractivity contribution in [2.45, 2.75) is 19.4 Å². The number of ether oxygens (including phenoxy) is 1. The van der Waals surface area contributed by atoms with E-state index in [9.17, 15) is 4.79 Å². The molecule has 1 rings (SSSR count). The second-order valence-electron chi connectivity index (χ2n) is 4.16. The molecule has 0 aromatic heterocycles. The van der Waals surface area contributed by atoms with Crippen LogP contribution in [0, 0.1) is 0 Å². The monoisotopic (exact) mass is 270 g/mol. The summed E-state index contributed by atoms with van der Waals surface area (Å²) in [6.07, 6.45) is 0. The van der Waals surface area contributed by atoms with Gasteiger partial charge in [-0.2, -0.15) is 0 Å². The van der Waals surface area contributed by atoms with Crippen LogP contribution in [0.4, 0.5) is 4.79 Å². The van der Waals surface area contributed by atoms with Crippen LogP contribution in [0.5, 0.6) is 0 Å². The normalized spacial score (nSPS) is 13.8. The van der Waals surface area contributed by atoms with E-state index in [1.807, 2.05) is 32.0 Å². The first-order chi connectivity index (χ1) is 8.51. The van der Waals surface area contributed by atoms with E-state index in [1.165, 1.54) is 0 Å². The second-order valence-corrected chi connectivity index (χ2v) is 4.59. The zero-order chi connectivity index (χ0) is 13.6. The van der Waals surface area contributed by atoms with Gasteiger partial charge in [-0.05, 0) is 31.5 Å². The highest BCUT2D eigenvalue weighted by Crippen LogP contribution is 2.26. The van der Waals surface area contributed by atoms with Gasteiger partial charge in [0.15, 0.2) is 0 Å². The van der Waals surface area contributed by atoms with Gasteiger partial charge in [0.05, 0.1) is 6.54 Å². The third kappa shape index (κ3) is 3.89. The molecule has 100 valence electrons. The number of urea groups is 1.